The number of H-pyrrole nitrogens is 1. The van der Waals surface area contributed by atoms with Crippen LogP contribution >= 0.6 is 0 Å². The van der Waals surface area contributed by atoms with E-state index in [4.69, 9.17) is 0 Å². The first-order chi connectivity index (χ1) is 19.0. The Morgan fingerprint density at radius 3 is 2.54 bits per heavy atom. The van der Waals surface area contributed by atoms with E-state index in [0.717, 1.165) is 61.9 Å². The lowest BCUT2D eigenvalue weighted by Gasteiger charge is -2.31. The summed E-state index contributed by atoms with van der Waals surface area (Å²) >= 11 is 0. The summed E-state index contributed by atoms with van der Waals surface area (Å²) in [6.07, 6.45) is 9.39. The molecule has 1 aromatic heterocycles. The number of carboxylic acids is 1. The number of hydrogen-bond acceptors (Lipinski definition) is 3. The van der Waals surface area contributed by atoms with Gasteiger partial charge in [0.25, 0.3) is 5.56 Å². The predicted octanol–water partition coefficient (Wildman–Crippen LogP) is 6.46. The molecule has 1 aliphatic carbocycles. The Morgan fingerprint density at radius 2 is 1.72 bits per heavy atom. The summed E-state index contributed by atoms with van der Waals surface area (Å²) in [5.74, 6) is -1.17. The number of hydrogen-bond donors (Lipinski definition) is 2. The molecule has 3 aromatic carbocycles. The van der Waals surface area contributed by atoms with E-state index < -0.39 is 5.97 Å². The molecule has 4 aromatic rings. The fraction of sp³-hybridized carbons (Fsp3) is 0.242. The van der Waals surface area contributed by atoms with Gasteiger partial charge in [-0.1, -0.05) is 35.9 Å². The van der Waals surface area contributed by atoms with Crippen molar-refractivity contribution >= 4 is 29.5 Å². The quantitative estimate of drug-likeness (QED) is 0.298. The largest absolute Gasteiger partial charge is 0.477 e. The molecule has 2 aliphatic rings. The van der Waals surface area contributed by atoms with E-state index in [2.05, 4.69) is 65.1 Å². The second kappa shape index (κ2) is 10.3. The number of aromatic amines is 1. The Balaban J connectivity index is 1.33. The standard InChI is InChI=1S/C33H31N3O3/c1-22-14-17-26(18-15-22)35-20-6-10-25-21-23(16-19-29(25)35)7-4-12-28-31(33(38)39)34-36(32(28)37)30-13-5-9-24-8-2-3-11-27(24)30/h5,7,9,12-19,21,34H,2-3,6,8,10-11,20H2,1H3,(H,38,39). The number of anilines is 2. The number of benzene rings is 3. The van der Waals surface area contributed by atoms with Crippen molar-refractivity contribution in [1.82, 2.24) is 9.78 Å². The highest BCUT2D eigenvalue weighted by Crippen LogP contribution is 2.34. The first-order valence-electron chi connectivity index (χ1n) is 13.6. The van der Waals surface area contributed by atoms with Crippen molar-refractivity contribution in [3.8, 4) is 5.69 Å². The molecule has 0 bridgehead atoms. The number of fused-ring (bicyclic) bond motifs is 2. The molecule has 6 heteroatoms. The van der Waals surface area contributed by atoms with Gasteiger partial charge in [-0.15, -0.1) is 5.73 Å². The van der Waals surface area contributed by atoms with Crippen LogP contribution in [0.15, 0.2) is 71.2 Å². The number of nitrogens with one attached hydrogen (secondary N) is 1. The highest BCUT2D eigenvalue weighted by Gasteiger charge is 2.22. The van der Waals surface area contributed by atoms with Crippen molar-refractivity contribution in [2.45, 2.75) is 45.4 Å². The van der Waals surface area contributed by atoms with Gasteiger partial charge in [-0.3, -0.25) is 9.89 Å². The van der Waals surface area contributed by atoms with Crippen LogP contribution in [0.25, 0.3) is 17.8 Å². The van der Waals surface area contributed by atoms with E-state index in [9.17, 15) is 14.7 Å². The van der Waals surface area contributed by atoms with Crippen LogP contribution in [-0.4, -0.2) is 27.4 Å². The van der Waals surface area contributed by atoms with Crippen molar-refractivity contribution in [1.29, 1.82) is 0 Å². The predicted molar refractivity (Wildman–Crippen MR) is 155 cm³/mol. The van der Waals surface area contributed by atoms with E-state index in [1.165, 1.54) is 38.8 Å². The molecule has 0 spiro atoms. The van der Waals surface area contributed by atoms with Crippen LogP contribution in [0.4, 0.5) is 11.4 Å². The van der Waals surface area contributed by atoms with Crippen LogP contribution in [-0.2, 0) is 19.3 Å². The fourth-order valence-electron chi connectivity index (χ4n) is 5.81. The van der Waals surface area contributed by atoms with Crippen molar-refractivity contribution in [2.24, 2.45) is 0 Å². The van der Waals surface area contributed by atoms with Gasteiger partial charge in [-0.05, 0) is 110 Å². The Bertz CT molecular complexity index is 1680. The van der Waals surface area contributed by atoms with Crippen LogP contribution in [0, 0.1) is 6.92 Å². The third kappa shape index (κ3) is 4.75. The summed E-state index contributed by atoms with van der Waals surface area (Å²) in [5, 5.41) is 12.7. The maximum Gasteiger partial charge on any atom is 0.354 e. The summed E-state index contributed by atoms with van der Waals surface area (Å²) in [5.41, 5.74) is 11.6. The van der Waals surface area contributed by atoms with Gasteiger partial charge >= 0.3 is 5.97 Å². The Morgan fingerprint density at radius 1 is 0.923 bits per heavy atom. The van der Waals surface area contributed by atoms with Crippen molar-refractivity contribution in [3.63, 3.8) is 0 Å². The van der Waals surface area contributed by atoms with E-state index in [1.54, 1.807) is 6.08 Å². The molecule has 2 N–H and O–H groups in total. The Labute approximate surface area is 227 Å². The smallest absolute Gasteiger partial charge is 0.354 e. The molecule has 0 amide bonds. The van der Waals surface area contributed by atoms with Gasteiger partial charge in [0.15, 0.2) is 5.69 Å². The summed E-state index contributed by atoms with van der Waals surface area (Å²) in [6.45, 7) is 3.07. The lowest BCUT2D eigenvalue weighted by atomic mass is 9.90. The molecule has 6 nitrogen and oxygen atoms in total. The van der Waals surface area contributed by atoms with Crippen LogP contribution < -0.4 is 10.5 Å². The average Bonchev–Trinajstić information content (AvgIpc) is 3.28. The van der Waals surface area contributed by atoms with Crippen molar-refractivity contribution < 1.29 is 9.90 Å². The Kier molecular flexibility index (Phi) is 6.55. The Hall–Kier alpha value is -4.54. The molecule has 0 fully saturated rings. The second-order valence-electron chi connectivity index (χ2n) is 10.4. The molecule has 0 saturated heterocycles. The van der Waals surface area contributed by atoms with Gasteiger partial charge in [0.2, 0.25) is 0 Å². The van der Waals surface area contributed by atoms with E-state index >= 15 is 0 Å². The minimum absolute atomic E-state index is 0.0932. The van der Waals surface area contributed by atoms with Crippen LogP contribution in [0.2, 0.25) is 0 Å². The molecule has 0 unspecified atom stereocenters. The maximum atomic E-state index is 13.4. The van der Waals surface area contributed by atoms with Crippen molar-refractivity contribution in [2.75, 3.05) is 11.4 Å². The lowest BCUT2D eigenvalue weighted by molar-refractivity contribution is 0.0689. The van der Waals surface area contributed by atoms with Crippen molar-refractivity contribution in [3.05, 3.63) is 116 Å². The number of aryl methyl sites for hydroxylation is 3. The third-order valence-electron chi connectivity index (χ3n) is 7.80. The molecule has 0 radical (unpaired) electrons. The zero-order valence-corrected chi connectivity index (χ0v) is 22.0. The highest BCUT2D eigenvalue weighted by molar-refractivity contribution is 5.90. The molecule has 196 valence electrons. The monoisotopic (exact) mass is 517 g/mol. The van der Waals surface area contributed by atoms with Crippen LogP contribution in [0.1, 0.15) is 63.1 Å². The molecular formula is C33H31N3O3. The zero-order valence-electron chi connectivity index (χ0n) is 22.0. The normalized spacial score (nSPS) is 14.2. The van der Waals surface area contributed by atoms with Crippen LogP contribution in [0.3, 0.4) is 0 Å². The SMILES string of the molecule is Cc1ccc(N2CCCc3cc(C=C=Cc4c(C(=O)O)[nH]n(-c5cccc6c5CCCC6)c4=O)ccc32)cc1. The topological polar surface area (TPSA) is 78.3 Å². The number of carboxylic acid groups (broad SMARTS) is 1. The molecule has 39 heavy (non-hydrogen) atoms. The summed E-state index contributed by atoms with van der Waals surface area (Å²) < 4.78 is 1.37. The van der Waals surface area contributed by atoms with E-state index in [-0.39, 0.29) is 16.8 Å². The highest BCUT2D eigenvalue weighted by atomic mass is 16.4. The average molecular weight is 518 g/mol. The van der Waals surface area contributed by atoms with Gasteiger partial charge in [-0.25, -0.2) is 9.48 Å². The molecule has 0 saturated carbocycles. The minimum atomic E-state index is -1.17. The number of aromatic carboxylic acids is 1. The van der Waals surface area contributed by atoms with Gasteiger partial charge < -0.3 is 10.0 Å². The molecule has 2 heterocycles. The van der Waals surface area contributed by atoms with Gasteiger partial charge in [0.05, 0.1) is 11.3 Å². The van der Waals surface area contributed by atoms with Gasteiger partial charge in [0, 0.05) is 17.9 Å². The second-order valence-corrected chi connectivity index (χ2v) is 10.4. The molecule has 6 rings (SSSR count). The number of nitrogens with zero attached hydrogens (tertiary/aromatic N) is 2. The zero-order chi connectivity index (χ0) is 26.9. The number of carbonyl (C=O) groups is 1. The van der Waals surface area contributed by atoms with E-state index in [0.29, 0.717) is 0 Å². The first-order valence-corrected chi connectivity index (χ1v) is 13.6. The first kappa shape index (κ1) is 24.8. The number of rotatable bonds is 5. The minimum Gasteiger partial charge on any atom is -0.477 e. The summed E-state index contributed by atoms with van der Waals surface area (Å²) in [7, 11) is 0. The maximum absolute atomic E-state index is 13.4. The van der Waals surface area contributed by atoms with Crippen LogP contribution in [0.5, 0.6) is 0 Å². The lowest BCUT2D eigenvalue weighted by Crippen LogP contribution is -2.24. The van der Waals surface area contributed by atoms with Gasteiger partial charge in [-0.2, -0.15) is 0 Å². The molecule has 1 aliphatic heterocycles. The molecule has 0 atom stereocenters. The fourth-order valence-corrected chi connectivity index (χ4v) is 5.81. The summed E-state index contributed by atoms with van der Waals surface area (Å²) in [4.78, 5) is 27.8. The summed E-state index contributed by atoms with van der Waals surface area (Å²) in [6, 6.07) is 20.8. The molecular weight excluding hydrogens is 486 g/mol. The number of aromatic nitrogens is 2. The van der Waals surface area contributed by atoms with E-state index in [1.807, 2.05) is 18.2 Å². The third-order valence-corrected chi connectivity index (χ3v) is 7.80. The van der Waals surface area contributed by atoms with Gasteiger partial charge in [0.1, 0.15) is 0 Å².